The van der Waals surface area contributed by atoms with Gasteiger partial charge in [0.1, 0.15) is 139 Å². The predicted octanol–water partition coefficient (Wildman–Crippen LogP) is 18.2. The Balaban J connectivity index is 0.000000215. The highest BCUT2D eigenvalue weighted by Gasteiger charge is 2.26. The van der Waals surface area contributed by atoms with Gasteiger partial charge >= 0.3 is 0 Å². The number of phenols is 2. The molecule has 0 aliphatic carbocycles. The fourth-order valence-corrected chi connectivity index (χ4v) is 16.1. The minimum Gasteiger partial charge on any atom is -0.508 e. The topological polar surface area (TPSA) is 554 Å². The summed E-state index contributed by atoms with van der Waals surface area (Å²) >= 11 is 31.5. The molecule has 7 aromatic carbocycles. The van der Waals surface area contributed by atoms with E-state index in [4.69, 9.17) is 118 Å². The molecule has 11 aromatic rings. The molecular formula is C92H109Cl5N20O22S. The van der Waals surface area contributed by atoms with Crippen molar-refractivity contribution in [3.63, 3.8) is 0 Å². The summed E-state index contributed by atoms with van der Waals surface area (Å²) in [5, 5.41) is 88.7. The van der Waals surface area contributed by atoms with E-state index in [9.17, 15) is 59.0 Å². The van der Waals surface area contributed by atoms with Gasteiger partial charge in [0.2, 0.25) is 0 Å². The van der Waals surface area contributed by atoms with Gasteiger partial charge in [-0.2, -0.15) is 0 Å². The van der Waals surface area contributed by atoms with E-state index < -0.39 is 29.5 Å². The smallest absolute Gasteiger partial charge is 0.296 e. The highest BCUT2D eigenvalue weighted by atomic mass is 35.5. The first-order valence-corrected chi connectivity index (χ1v) is 47.3. The maximum Gasteiger partial charge on any atom is 0.296 e. The zero-order chi connectivity index (χ0) is 102. The van der Waals surface area contributed by atoms with Crippen LogP contribution in [0.25, 0.3) is 22.5 Å². The summed E-state index contributed by atoms with van der Waals surface area (Å²) in [7, 11) is 3.41. The number of aromatic hydroxyl groups is 2. The number of likely N-dealkylation sites (tertiary alicyclic amines) is 4. The number of aryl methyl sites for hydroxylation is 2. The van der Waals surface area contributed by atoms with Crippen LogP contribution in [0.1, 0.15) is 62.5 Å². The van der Waals surface area contributed by atoms with Crippen molar-refractivity contribution in [2.24, 2.45) is 0 Å². The fraction of sp³-hybridized carbons (Fsp3) is 0.348. The van der Waals surface area contributed by atoms with Gasteiger partial charge in [-0.05, 0) is 203 Å². The number of methoxy groups -OCH3 is 4. The number of hydrogen-bond donors (Lipinski definition) is 8. The van der Waals surface area contributed by atoms with Crippen molar-refractivity contribution in [2.75, 3.05) is 173 Å². The number of nitrogens with two attached hydrogens (primary N) is 2. The maximum atomic E-state index is 11.9. The van der Waals surface area contributed by atoms with Crippen LogP contribution in [-0.4, -0.2) is 244 Å². The third kappa shape index (κ3) is 33.9. The highest BCUT2D eigenvalue weighted by molar-refractivity contribution is 7.90. The highest BCUT2D eigenvalue weighted by Crippen LogP contribution is 2.48. The second-order valence-corrected chi connectivity index (χ2v) is 34.7. The van der Waals surface area contributed by atoms with Gasteiger partial charge < -0.3 is 80.8 Å². The molecule has 750 valence electrons. The normalized spacial score (nSPS) is 13.2. The second-order valence-electron chi connectivity index (χ2n) is 30.8. The second kappa shape index (κ2) is 56.5. The Morgan fingerprint density at radius 3 is 1.14 bits per heavy atom. The van der Waals surface area contributed by atoms with Crippen LogP contribution < -0.4 is 60.6 Å². The summed E-state index contributed by atoms with van der Waals surface area (Å²) in [5.41, 5.74) is 14.6. The summed E-state index contributed by atoms with van der Waals surface area (Å²) in [6.45, 7) is 17.7. The third-order valence-electron chi connectivity index (χ3n) is 21.3. The lowest BCUT2D eigenvalue weighted by Gasteiger charge is -2.17. The van der Waals surface area contributed by atoms with Crippen molar-refractivity contribution >= 4 is 142 Å². The molecule has 4 aliphatic heterocycles. The van der Waals surface area contributed by atoms with Crippen molar-refractivity contribution in [3.8, 4) is 74.3 Å². The van der Waals surface area contributed by atoms with Crippen molar-refractivity contribution in [1.82, 2.24) is 49.5 Å². The molecule has 0 spiro atoms. The number of nitro benzene ring substituents is 5. The van der Waals surface area contributed by atoms with Crippen LogP contribution in [0.3, 0.4) is 0 Å². The van der Waals surface area contributed by atoms with Crippen LogP contribution in [-0.2, 0) is 9.84 Å². The molecule has 0 atom stereocenters. The Hall–Kier alpha value is -13.6. The molecule has 0 bridgehead atoms. The molecular weight excluding hydrogens is 1950 g/mol. The molecule has 140 heavy (non-hydrogen) atoms. The van der Waals surface area contributed by atoms with Gasteiger partial charge in [0, 0.05) is 104 Å². The molecule has 4 saturated heterocycles. The Kier molecular flexibility index (Phi) is 45.0. The number of nitrogens with zero attached hydrogens (tertiary/aromatic N) is 15. The van der Waals surface area contributed by atoms with Crippen molar-refractivity contribution in [2.45, 2.75) is 70.2 Å². The van der Waals surface area contributed by atoms with E-state index in [1.54, 1.807) is 99.0 Å². The molecule has 8 heterocycles. The number of anilines is 8. The monoisotopic (exact) mass is 2050 g/mol. The first kappa shape index (κ1) is 112. The molecule has 10 N–H and O–H groups in total. The zero-order valence-electron chi connectivity index (χ0n) is 77.8. The number of benzene rings is 7. The molecule has 0 radical (unpaired) electrons. The van der Waals surface area contributed by atoms with Crippen LogP contribution in [0.5, 0.6) is 51.7 Å². The van der Waals surface area contributed by atoms with Gasteiger partial charge in [0.15, 0.2) is 14.9 Å². The van der Waals surface area contributed by atoms with Gasteiger partial charge in [-0.15, -0.1) is 11.6 Å². The number of pyridine rings is 2. The lowest BCUT2D eigenvalue weighted by molar-refractivity contribution is -0.385. The number of aromatic nitrogens is 6. The van der Waals surface area contributed by atoms with Gasteiger partial charge in [-0.3, -0.25) is 65.3 Å². The Morgan fingerprint density at radius 1 is 0.414 bits per heavy atom. The minimum absolute atomic E-state index is 0.0489. The number of aliphatic hydroxyl groups excluding tert-OH is 1. The van der Waals surface area contributed by atoms with E-state index in [0.29, 0.717) is 123 Å². The first-order valence-electron chi connectivity index (χ1n) is 43.4. The summed E-state index contributed by atoms with van der Waals surface area (Å²) in [4.78, 5) is 86.2. The molecule has 4 aromatic heterocycles. The standard InChI is InChI=1S/C29H29Cl2N7O5.C18H16Cl2N4O4S.C13H18N2O3.C12H17N3O3.C7H7NO3.C6H12ClN.C6H6N2O3.CH4O/c1-41-23-16-24(42-2)27(31)28(26(23)30)36-29-19(6-5-9-32-29)21-15-25(34-17-33-21)35-20-8-7-18(14-22(20)38(39)40)43-13-12-37-10-3-4-11-37;1-27-12-8-13(28-2)16(20)17(15(12)19)24-18-10(5-4-6-21-18)11-7-14(23-9-22-11)29(3,25)26;1-11-4-5-12(10-13(11)15(16)17)18-9-8-14-6-2-3-7-14;13-11-4-3-10(9-12(11)15(16)17)18-8-7-14-5-1-2-6-14;1-5-2-3-6(9)4-7(5)8(10)11;7-3-6-8-4-1-2-5-8;7-5-2-1-4(9)3-6(5)8(10)11;1-2/h5-9,14-17H,3-4,10-13H2,1-2H3,(H,32,36)(H,33,34,35);4-9H,1-3H3,(H,21,24);4-5,10H,2-3,6-9H2,1H3;3-4,9H,1-2,5-8,13H2;2-4,9H,1H3;1-6H2;1-3,9H,7H2;2H,1H3. The van der Waals surface area contributed by atoms with Crippen molar-refractivity contribution in [1.29, 1.82) is 0 Å². The van der Waals surface area contributed by atoms with Crippen molar-refractivity contribution < 1.29 is 81.5 Å². The number of alkyl halides is 1. The lowest BCUT2D eigenvalue weighted by Crippen LogP contribution is -2.25. The van der Waals surface area contributed by atoms with Crippen LogP contribution in [0, 0.1) is 64.4 Å². The van der Waals surface area contributed by atoms with Gasteiger partial charge in [-0.1, -0.05) is 46.4 Å². The number of nitrogens with one attached hydrogen (secondary N) is 3. The van der Waals surface area contributed by atoms with Crippen LogP contribution >= 0.6 is 58.0 Å². The quantitative estimate of drug-likeness (QED) is 0.00485. The lowest BCUT2D eigenvalue weighted by atomic mass is 10.1. The average molecular weight is 2060 g/mol. The third-order valence-corrected chi connectivity index (χ3v) is 24.0. The molecule has 4 aliphatic rings. The van der Waals surface area contributed by atoms with E-state index in [-0.39, 0.29) is 87.0 Å². The number of phenolic OH excluding ortho intramolecular Hbond substituents is 2. The van der Waals surface area contributed by atoms with Crippen LogP contribution in [0.2, 0.25) is 20.1 Å². The van der Waals surface area contributed by atoms with E-state index in [2.05, 4.69) is 65.5 Å². The minimum atomic E-state index is -3.50. The number of ether oxygens (including phenoxy) is 7. The average Bonchev–Trinajstić information content (AvgIpc) is 0.847. The number of aliphatic hydroxyl groups is 1. The zero-order valence-corrected chi connectivity index (χ0v) is 82.4. The Labute approximate surface area is 832 Å². The van der Waals surface area contributed by atoms with E-state index in [0.717, 1.165) is 96.8 Å². The first-order chi connectivity index (χ1) is 67.1. The fourth-order valence-electron chi connectivity index (χ4n) is 14.1. The molecule has 4 fully saturated rings. The number of sulfone groups is 1. The summed E-state index contributed by atoms with van der Waals surface area (Å²) < 4.78 is 61.8. The summed E-state index contributed by atoms with van der Waals surface area (Å²) in [5.74, 6) is 4.57. The molecule has 42 nitrogen and oxygen atoms in total. The van der Waals surface area contributed by atoms with Crippen LogP contribution in [0.15, 0.2) is 170 Å². The number of nitro groups is 5. The van der Waals surface area contributed by atoms with E-state index in [1.165, 1.54) is 160 Å². The summed E-state index contributed by atoms with van der Waals surface area (Å²) in [6, 6.07) is 35.0. The van der Waals surface area contributed by atoms with Gasteiger partial charge in [0.05, 0.1) is 106 Å². The molecule has 48 heteroatoms. The Bertz CT molecular complexity index is 5910. The number of nitrogen functional groups attached to an aromatic ring is 2. The predicted molar refractivity (Wildman–Crippen MR) is 538 cm³/mol. The number of rotatable bonds is 32. The maximum absolute atomic E-state index is 11.9. The number of halogens is 5. The van der Waals surface area contributed by atoms with E-state index in [1.807, 2.05) is 0 Å². The molecule has 0 amide bonds. The SMILES string of the molecule is CO.COc1cc(OC)c(Cl)c(Nc2ncccc2-c2cc(Nc3ccc(OCCN4CCCC4)cc3[N+](=O)[O-])ncn2)c1Cl.COc1cc(OC)c(Cl)c(Nc2ncccc2-c2cc(S(C)(=O)=O)ncn2)c1Cl.Cc1ccc(O)cc1[N+](=O)[O-].Cc1ccc(OCCN2CCCC2)cc1[N+](=O)[O-].ClCCN1CCCC1.Nc1ccc(O)cc1[N+](=O)[O-].Nc1ccc(OCCN2CCCC2)cc1[N+](=O)[O-]. The molecule has 0 unspecified atom stereocenters. The van der Waals surface area contributed by atoms with Gasteiger partial charge in [0.25, 0.3) is 28.4 Å². The van der Waals surface area contributed by atoms with Gasteiger partial charge in [-0.25, -0.2) is 38.3 Å². The van der Waals surface area contributed by atoms with Crippen LogP contribution in [0.4, 0.5) is 74.3 Å². The number of hydrogen-bond acceptors (Lipinski definition) is 37. The van der Waals surface area contributed by atoms with E-state index >= 15 is 0 Å². The van der Waals surface area contributed by atoms with Crippen molar-refractivity contribution in [3.05, 3.63) is 246 Å². The Morgan fingerprint density at radius 2 is 0.750 bits per heavy atom. The molecule has 15 rings (SSSR count). The summed E-state index contributed by atoms with van der Waals surface area (Å²) in [6.07, 6.45) is 16.9. The molecule has 0 saturated carbocycles. The largest absolute Gasteiger partial charge is 0.508 e.